The molecular formula is C42H49N2O7P. The summed E-state index contributed by atoms with van der Waals surface area (Å²) >= 11 is 0. The normalized spacial score (nSPS) is 22.4. The minimum Gasteiger partial charge on any atom is -0.497 e. The number of fused-ring (bicyclic) bond motifs is 2. The molecule has 0 spiro atoms. The van der Waals surface area contributed by atoms with Gasteiger partial charge in [-0.15, -0.1) is 0 Å². The highest BCUT2D eigenvalue weighted by Gasteiger charge is 2.70. The highest BCUT2D eigenvalue weighted by Crippen LogP contribution is 2.69. The third-order valence-electron chi connectivity index (χ3n) is 10.1. The summed E-state index contributed by atoms with van der Waals surface area (Å²) in [5.74, 6) is 1.43. The van der Waals surface area contributed by atoms with Crippen molar-refractivity contribution in [2.24, 2.45) is 0 Å². The summed E-state index contributed by atoms with van der Waals surface area (Å²) in [7, 11) is -0.506. The molecule has 0 saturated carbocycles. The van der Waals surface area contributed by atoms with E-state index in [0.717, 1.165) is 22.3 Å². The summed E-state index contributed by atoms with van der Waals surface area (Å²) in [5.41, 5.74) is 0.485. The summed E-state index contributed by atoms with van der Waals surface area (Å²) in [5, 5.41) is 9.49. The van der Waals surface area contributed by atoms with Gasteiger partial charge < -0.3 is 28.2 Å². The van der Waals surface area contributed by atoms with E-state index in [1.54, 1.807) is 14.2 Å². The van der Waals surface area contributed by atoms with Crippen LogP contribution in [0.3, 0.4) is 0 Å². The first-order valence-electron chi connectivity index (χ1n) is 17.9. The van der Waals surface area contributed by atoms with Gasteiger partial charge in [0, 0.05) is 12.1 Å². The van der Waals surface area contributed by atoms with Crippen LogP contribution in [0, 0.1) is 11.3 Å². The third kappa shape index (κ3) is 6.92. The zero-order valence-corrected chi connectivity index (χ0v) is 31.7. The summed E-state index contributed by atoms with van der Waals surface area (Å²) in [4.78, 5) is 0. The predicted molar refractivity (Wildman–Crippen MR) is 201 cm³/mol. The van der Waals surface area contributed by atoms with Gasteiger partial charge in [-0.2, -0.15) is 5.26 Å². The van der Waals surface area contributed by atoms with Crippen LogP contribution in [0.2, 0.25) is 0 Å². The lowest BCUT2D eigenvalue weighted by atomic mass is 9.79. The van der Waals surface area contributed by atoms with Gasteiger partial charge >= 0.3 is 0 Å². The molecule has 9 nitrogen and oxygen atoms in total. The summed E-state index contributed by atoms with van der Waals surface area (Å²) in [6.45, 7) is 8.26. The largest absolute Gasteiger partial charge is 0.497 e. The Balaban J connectivity index is 1.54. The van der Waals surface area contributed by atoms with Crippen molar-refractivity contribution in [2.75, 3.05) is 34.0 Å². The van der Waals surface area contributed by atoms with E-state index in [-0.39, 0.29) is 38.3 Å². The van der Waals surface area contributed by atoms with E-state index in [0.29, 0.717) is 11.5 Å². The van der Waals surface area contributed by atoms with Crippen LogP contribution in [-0.4, -0.2) is 68.2 Å². The van der Waals surface area contributed by atoms with Gasteiger partial charge in [0.05, 0.1) is 46.5 Å². The Bertz CT molecular complexity index is 1790. The molecule has 4 aromatic carbocycles. The van der Waals surface area contributed by atoms with Gasteiger partial charge in [-0.1, -0.05) is 84.9 Å². The lowest BCUT2D eigenvalue weighted by molar-refractivity contribution is -0.179. The molecule has 5 atom stereocenters. The number of nitriles is 1. The Morgan fingerprint density at radius 2 is 1.35 bits per heavy atom. The second kappa shape index (κ2) is 15.9. The fourth-order valence-electron chi connectivity index (χ4n) is 7.99. The average Bonchev–Trinajstić information content (AvgIpc) is 3.71. The van der Waals surface area contributed by atoms with Gasteiger partial charge in [-0.3, -0.25) is 4.57 Å². The second-order valence-corrected chi connectivity index (χ2v) is 16.3. The fourth-order valence-corrected chi connectivity index (χ4v) is 11.6. The minimum atomic E-state index is -3.79. The van der Waals surface area contributed by atoms with Crippen LogP contribution in [0.15, 0.2) is 109 Å². The van der Waals surface area contributed by atoms with Crippen LogP contribution in [0.25, 0.3) is 0 Å². The maximum Gasteiger partial charge on any atom is 0.281 e. The summed E-state index contributed by atoms with van der Waals surface area (Å²) in [6.07, 6.45) is -1.01. The highest BCUT2D eigenvalue weighted by molar-refractivity contribution is 7.57. The van der Waals surface area contributed by atoms with Gasteiger partial charge in [-0.25, -0.2) is 4.67 Å². The van der Waals surface area contributed by atoms with Gasteiger partial charge in [0.2, 0.25) is 0 Å². The van der Waals surface area contributed by atoms with Crippen LogP contribution < -0.4 is 9.47 Å². The Morgan fingerprint density at radius 1 is 0.827 bits per heavy atom. The van der Waals surface area contributed by atoms with Crippen LogP contribution in [0.4, 0.5) is 0 Å². The molecule has 0 aliphatic carbocycles. The third-order valence-corrected chi connectivity index (χ3v) is 13.7. The second-order valence-electron chi connectivity index (χ2n) is 13.9. The van der Waals surface area contributed by atoms with E-state index < -0.39 is 36.6 Å². The molecule has 0 N–H and O–H groups in total. The van der Waals surface area contributed by atoms with Crippen molar-refractivity contribution >= 4 is 7.52 Å². The Hall–Kier alpha value is -4.00. The van der Waals surface area contributed by atoms with Crippen LogP contribution in [-0.2, 0) is 28.9 Å². The molecule has 0 aromatic heterocycles. The lowest BCUT2D eigenvalue weighted by Gasteiger charge is -2.44. The quantitative estimate of drug-likeness (QED) is 0.0640. The zero-order valence-electron chi connectivity index (χ0n) is 30.8. The first-order chi connectivity index (χ1) is 25.1. The number of ether oxygens (including phenoxy) is 5. The Labute approximate surface area is 307 Å². The van der Waals surface area contributed by atoms with E-state index in [1.165, 1.54) is 0 Å². The van der Waals surface area contributed by atoms with E-state index in [9.17, 15) is 5.26 Å². The van der Waals surface area contributed by atoms with Gasteiger partial charge in [-0.05, 0) is 74.2 Å². The smallest absolute Gasteiger partial charge is 0.281 e. The maximum absolute atomic E-state index is 15.9. The maximum atomic E-state index is 15.9. The van der Waals surface area contributed by atoms with Gasteiger partial charge in [0.25, 0.3) is 7.52 Å². The molecule has 274 valence electrons. The highest BCUT2D eigenvalue weighted by atomic mass is 31.2. The molecule has 4 aromatic rings. The average molecular weight is 725 g/mol. The van der Waals surface area contributed by atoms with Crippen LogP contribution >= 0.6 is 7.52 Å². The SMILES string of the molecule is COc1ccc(C(OC[C@@]23CO[C@H]([C@H](c4ccccc4)O2)[C@@H]3P(=O)(OCCC#N)N(C(C)C)C(C)C)(c2ccccc2)c2ccc(OC)cc2)cc1. The monoisotopic (exact) mass is 724 g/mol. The van der Waals surface area contributed by atoms with Crippen molar-refractivity contribution in [1.29, 1.82) is 5.26 Å². The van der Waals surface area contributed by atoms with Crippen molar-refractivity contribution in [2.45, 2.75) is 75.3 Å². The first-order valence-corrected chi connectivity index (χ1v) is 19.5. The van der Waals surface area contributed by atoms with Crippen molar-refractivity contribution in [3.63, 3.8) is 0 Å². The topological polar surface area (TPSA) is 99.5 Å². The molecule has 2 bridgehead atoms. The van der Waals surface area contributed by atoms with Crippen molar-refractivity contribution in [3.8, 4) is 17.6 Å². The standard InChI is InChI=1S/C42H49N2O7P/c1-30(2)44(31(3)4)52(45,50-27-13-26-43)40-39-38(32-14-9-7-10-15-32)51-41(40,28-48-39)29-49-42(33-16-11-8-12-17-33,34-18-22-36(46-5)23-19-34)35-20-24-37(47-6)25-21-35/h7-12,14-25,30-31,38-40H,13,27-29H2,1-6H3/t38-,39+,40-,41+,52?/m0/s1. The molecule has 1 unspecified atom stereocenters. The molecule has 2 heterocycles. The van der Waals surface area contributed by atoms with E-state index in [4.69, 9.17) is 28.2 Å². The van der Waals surface area contributed by atoms with E-state index >= 15 is 4.57 Å². The number of methoxy groups -OCH3 is 2. The molecular weight excluding hydrogens is 675 g/mol. The van der Waals surface area contributed by atoms with Gasteiger partial charge in [0.15, 0.2) is 0 Å². The number of nitrogens with zero attached hydrogens (tertiary/aromatic N) is 2. The number of hydrogen-bond donors (Lipinski definition) is 0. The molecule has 52 heavy (non-hydrogen) atoms. The van der Waals surface area contributed by atoms with E-state index in [2.05, 4.69) is 18.2 Å². The summed E-state index contributed by atoms with van der Waals surface area (Å²) < 4.78 is 56.7. The first kappa shape index (κ1) is 37.7. The fraction of sp³-hybridized carbons (Fsp3) is 0.405. The number of benzene rings is 4. The summed E-state index contributed by atoms with van der Waals surface area (Å²) in [6, 6.07) is 37.6. The molecule has 0 radical (unpaired) electrons. The molecule has 0 amide bonds. The molecule has 2 fully saturated rings. The molecule has 10 heteroatoms. The predicted octanol–water partition coefficient (Wildman–Crippen LogP) is 8.53. The van der Waals surface area contributed by atoms with Crippen LogP contribution in [0.5, 0.6) is 11.5 Å². The van der Waals surface area contributed by atoms with E-state index in [1.807, 2.05) is 129 Å². The molecule has 2 aliphatic heterocycles. The Kier molecular flexibility index (Phi) is 11.6. The number of rotatable bonds is 16. The lowest BCUT2D eigenvalue weighted by Crippen LogP contribution is -2.51. The zero-order chi connectivity index (χ0) is 36.9. The minimum absolute atomic E-state index is 0.0140. The van der Waals surface area contributed by atoms with Crippen molar-refractivity contribution in [3.05, 3.63) is 131 Å². The Morgan fingerprint density at radius 3 is 1.85 bits per heavy atom. The van der Waals surface area contributed by atoms with Crippen molar-refractivity contribution in [1.82, 2.24) is 4.67 Å². The molecule has 6 rings (SSSR count). The van der Waals surface area contributed by atoms with Crippen molar-refractivity contribution < 1.29 is 32.8 Å². The van der Waals surface area contributed by atoms with Crippen LogP contribution in [0.1, 0.15) is 62.5 Å². The molecule has 2 saturated heterocycles. The number of hydrogen-bond acceptors (Lipinski definition) is 8. The molecule has 2 aliphatic rings. The van der Waals surface area contributed by atoms with Gasteiger partial charge in [0.1, 0.15) is 40.6 Å².